The van der Waals surface area contributed by atoms with Crippen molar-refractivity contribution in [1.29, 1.82) is 5.26 Å². The summed E-state index contributed by atoms with van der Waals surface area (Å²) in [5, 5.41) is 22.1. The summed E-state index contributed by atoms with van der Waals surface area (Å²) in [7, 11) is 0. The Morgan fingerprint density at radius 2 is 2.06 bits per heavy atom. The number of aromatic nitrogens is 3. The van der Waals surface area contributed by atoms with E-state index in [9.17, 15) is 18.8 Å². The van der Waals surface area contributed by atoms with Crippen molar-refractivity contribution in [3.05, 3.63) is 52.9 Å². The van der Waals surface area contributed by atoms with E-state index in [0.717, 1.165) is 37.7 Å². The molecule has 0 bridgehead atoms. The number of anilines is 1. The number of halogens is 2. The maximum atomic E-state index is 12.7. The summed E-state index contributed by atoms with van der Waals surface area (Å²) in [6.45, 7) is 1.27. The van der Waals surface area contributed by atoms with Gasteiger partial charge < -0.3 is 10.1 Å². The van der Waals surface area contributed by atoms with Crippen molar-refractivity contribution in [1.82, 2.24) is 14.8 Å². The van der Waals surface area contributed by atoms with Crippen LogP contribution in [0, 0.1) is 11.3 Å². The number of allylic oxidation sites excluding steroid dienone is 1. The number of nitrogens with one attached hydrogen (secondary N) is 1. The summed E-state index contributed by atoms with van der Waals surface area (Å²) < 4.78 is 31.0. The van der Waals surface area contributed by atoms with Crippen LogP contribution in [0.15, 0.2) is 42.1 Å². The summed E-state index contributed by atoms with van der Waals surface area (Å²) >= 11 is 2.72. The Labute approximate surface area is 209 Å². The molecule has 1 aliphatic carbocycles. The van der Waals surface area contributed by atoms with Gasteiger partial charge in [-0.05, 0) is 55.5 Å². The standard InChI is InChI=1S/C24H23F2N5O2S2/c1-2-12-31-21(15-8-10-16(11-9-15)33-23(25)26)29-30-24(31)34-14-20(32)28-22-18(13-27)17-6-4-3-5-7-19(17)35-22/h2,8-11,23H,1,3-7,12,14H2,(H,28,32). The Hall–Kier alpha value is -3.23. The molecule has 3 aromatic rings. The molecule has 7 nitrogen and oxygen atoms in total. The zero-order valence-electron chi connectivity index (χ0n) is 18.8. The van der Waals surface area contributed by atoms with Crippen LogP contribution in [0.1, 0.15) is 35.3 Å². The second kappa shape index (κ2) is 11.5. The number of benzene rings is 1. The third-order valence-corrected chi connectivity index (χ3v) is 7.66. The number of hydrogen-bond acceptors (Lipinski definition) is 7. The molecule has 182 valence electrons. The predicted molar refractivity (Wildman–Crippen MR) is 132 cm³/mol. The van der Waals surface area contributed by atoms with E-state index in [4.69, 9.17) is 0 Å². The summed E-state index contributed by atoms with van der Waals surface area (Å²) in [4.78, 5) is 13.9. The molecule has 2 aromatic heterocycles. The van der Waals surface area contributed by atoms with Crippen molar-refractivity contribution in [2.24, 2.45) is 0 Å². The van der Waals surface area contributed by atoms with E-state index in [2.05, 4.69) is 32.9 Å². The van der Waals surface area contributed by atoms with Crippen molar-refractivity contribution in [3.8, 4) is 23.2 Å². The summed E-state index contributed by atoms with van der Waals surface area (Å²) in [5.74, 6) is 0.424. The van der Waals surface area contributed by atoms with E-state index in [-0.39, 0.29) is 17.4 Å². The third kappa shape index (κ3) is 5.89. The number of rotatable bonds is 9. The fraction of sp³-hybridized carbons (Fsp3) is 0.333. The Kier molecular flexibility index (Phi) is 8.15. The number of aryl methyl sites for hydroxylation is 1. The van der Waals surface area contributed by atoms with Gasteiger partial charge in [-0.2, -0.15) is 14.0 Å². The Morgan fingerprint density at radius 3 is 2.77 bits per heavy atom. The largest absolute Gasteiger partial charge is 0.435 e. The number of carbonyl (C=O) groups excluding carboxylic acids is 1. The predicted octanol–water partition coefficient (Wildman–Crippen LogP) is 5.67. The average Bonchev–Trinajstić information content (AvgIpc) is 3.29. The SMILES string of the molecule is C=CCn1c(SCC(=O)Nc2sc3c(c2C#N)CCCCC3)nnc1-c1ccc(OC(F)F)cc1. The number of carbonyl (C=O) groups is 1. The second-order valence-corrected chi connectivity index (χ2v) is 9.87. The minimum absolute atomic E-state index is 0.0485. The van der Waals surface area contributed by atoms with Gasteiger partial charge in [0.1, 0.15) is 16.8 Å². The van der Waals surface area contributed by atoms with Gasteiger partial charge in [0, 0.05) is 17.0 Å². The molecule has 4 rings (SSSR count). The van der Waals surface area contributed by atoms with Crippen molar-refractivity contribution in [2.75, 3.05) is 11.1 Å². The second-order valence-electron chi connectivity index (χ2n) is 7.83. The van der Waals surface area contributed by atoms with Crippen molar-refractivity contribution >= 4 is 34.0 Å². The summed E-state index contributed by atoms with van der Waals surface area (Å²) in [6, 6.07) is 8.38. The van der Waals surface area contributed by atoms with Gasteiger partial charge in [0.15, 0.2) is 11.0 Å². The van der Waals surface area contributed by atoms with E-state index in [1.165, 1.54) is 40.1 Å². The van der Waals surface area contributed by atoms with Gasteiger partial charge in [-0.3, -0.25) is 9.36 Å². The average molecular weight is 516 g/mol. The van der Waals surface area contributed by atoms with Crippen LogP contribution in [0.4, 0.5) is 13.8 Å². The molecule has 35 heavy (non-hydrogen) atoms. The smallest absolute Gasteiger partial charge is 0.387 e. The van der Waals surface area contributed by atoms with Crippen LogP contribution < -0.4 is 10.1 Å². The molecule has 0 fully saturated rings. The Bertz CT molecular complexity index is 1250. The molecule has 11 heteroatoms. The van der Waals surface area contributed by atoms with Crippen LogP contribution in [0.3, 0.4) is 0 Å². The zero-order valence-corrected chi connectivity index (χ0v) is 20.4. The lowest BCUT2D eigenvalue weighted by atomic mass is 10.1. The molecule has 0 saturated carbocycles. The van der Waals surface area contributed by atoms with Gasteiger partial charge in [0.25, 0.3) is 0 Å². The van der Waals surface area contributed by atoms with Gasteiger partial charge in [0.05, 0.1) is 11.3 Å². The number of ether oxygens (including phenoxy) is 1. The molecule has 1 aliphatic rings. The lowest BCUT2D eigenvalue weighted by Crippen LogP contribution is -2.14. The molecule has 1 aromatic carbocycles. The van der Waals surface area contributed by atoms with Gasteiger partial charge in [-0.15, -0.1) is 28.1 Å². The third-order valence-electron chi connectivity index (χ3n) is 5.48. The molecule has 1 amide bonds. The first-order chi connectivity index (χ1) is 17.0. The van der Waals surface area contributed by atoms with Gasteiger partial charge >= 0.3 is 6.61 Å². The first-order valence-corrected chi connectivity index (χ1v) is 12.9. The van der Waals surface area contributed by atoms with Crippen LogP contribution in [0.2, 0.25) is 0 Å². The number of thiophene rings is 1. The number of nitriles is 1. The molecule has 0 atom stereocenters. The number of thioether (sulfide) groups is 1. The molecular weight excluding hydrogens is 492 g/mol. The van der Waals surface area contributed by atoms with Gasteiger partial charge in [0.2, 0.25) is 5.91 Å². The topological polar surface area (TPSA) is 92.8 Å². The van der Waals surface area contributed by atoms with E-state index < -0.39 is 6.61 Å². The zero-order chi connectivity index (χ0) is 24.8. The van der Waals surface area contributed by atoms with Crippen molar-refractivity contribution < 1.29 is 18.3 Å². The lowest BCUT2D eigenvalue weighted by Gasteiger charge is -2.09. The Balaban J connectivity index is 1.45. The molecule has 0 saturated heterocycles. The molecule has 0 spiro atoms. The normalized spacial score (nSPS) is 13.1. The molecule has 2 heterocycles. The molecular formula is C24H23F2N5O2S2. The number of amides is 1. The number of hydrogen-bond donors (Lipinski definition) is 1. The molecule has 0 aliphatic heterocycles. The maximum absolute atomic E-state index is 12.7. The quantitative estimate of drug-likeness (QED) is 0.224. The fourth-order valence-corrected chi connectivity index (χ4v) is 5.93. The highest BCUT2D eigenvalue weighted by atomic mass is 32.2. The summed E-state index contributed by atoms with van der Waals surface area (Å²) in [5.41, 5.74) is 2.33. The Morgan fingerprint density at radius 1 is 1.29 bits per heavy atom. The highest BCUT2D eigenvalue weighted by Gasteiger charge is 2.22. The van der Waals surface area contributed by atoms with Crippen LogP contribution in [0.5, 0.6) is 5.75 Å². The number of fused-ring (bicyclic) bond motifs is 1. The summed E-state index contributed by atoms with van der Waals surface area (Å²) in [6.07, 6.45) is 6.83. The van der Waals surface area contributed by atoms with Gasteiger partial charge in [-0.1, -0.05) is 24.3 Å². The van der Waals surface area contributed by atoms with Crippen LogP contribution in [-0.2, 0) is 24.2 Å². The lowest BCUT2D eigenvalue weighted by molar-refractivity contribution is -0.113. The minimum Gasteiger partial charge on any atom is -0.435 e. The van der Waals surface area contributed by atoms with Gasteiger partial charge in [-0.25, -0.2) is 0 Å². The maximum Gasteiger partial charge on any atom is 0.387 e. The van der Waals surface area contributed by atoms with E-state index in [1.807, 2.05) is 0 Å². The molecule has 0 unspecified atom stereocenters. The van der Waals surface area contributed by atoms with Crippen LogP contribution in [-0.4, -0.2) is 33.0 Å². The monoisotopic (exact) mass is 515 g/mol. The van der Waals surface area contributed by atoms with E-state index >= 15 is 0 Å². The van der Waals surface area contributed by atoms with Crippen LogP contribution in [0.25, 0.3) is 11.4 Å². The molecule has 0 radical (unpaired) electrons. The first-order valence-electron chi connectivity index (χ1n) is 11.1. The van der Waals surface area contributed by atoms with E-state index in [1.54, 1.807) is 22.8 Å². The first kappa shape index (κ1) is 24.9. The number of alkyl halides is 2. The fourth-order valence-electron chi connectivity index (χ4n) is 3.93. The van der Waals surface area contributed by atoms with Crippen LogP contribution >= 0.6 is 23.1 Å². The highest BCUT2D eigenvalue weighted by Crippen LogP contribution is 2.37. The van der Waals surface area contributed by atoms with Crippen molar-refractivity contribution in [2.45, 2.75) is 50.4 Å². The van der Waals surface area contributed by atoms with Crippen molar-refractivity contribution in [3.63, 3.8) is 0 Å². The highest BCUT2D eigenvalue weighted by molar-refractivity contribution is 7.99. The molecule has 1 N–H and O–H groups in total. The number of nitrogens with zero attached hydrogens (tertiary/aromatic N) is 4. The minimum atomic E-state index is -2.90. The van der Waals surface area contributed by atoms with E-state index in [0.29, 0.717) is 33.7 Å².